The number of likely N-dealkylation sites (tertiary alicyclic amines) is 1. The molecule has 4 amide bonds. The van der Waals surface area contributed by atoms with Gasteiger partial charge in [0.05, 0.1) is 18.8 Å². The zero-order valence-electron chi connectivity index (χ0n) is 40.2. The normalized spacial score (nSPS) is 21.5. The monoisotopic (exact) mass is 918 g/mol. The number of phenolic OH excluding ortho intramolecular Hbond substituents is 1. The number of nitrogens with zero attached hydrogens (tertiary/aromatic N) is 5. The number of aromatic hydroxyl groups is 1. The van der Waals surface area contributed by atoms with Gasteiger partial charge in [0, 0.05) is 62.4 Å². The van der Waals surface area contributed by atoms with E-state index >= 15 is 0 Å². The highest BCUT2D eigenvalue weighted by Crippen LogP contribution is 2.41. The number of hydrogen-bond acceptors (Lipinski definition) is 10. The zero-order chi connectivity index (χ0) is 48.5. The summed E-state index contributed by atoms with van der Waals surface area (Å²) in [5.74, 6) is -3.27. The second-order valence-corrected chi connectivity index (χ2v) is 20.0. The van der Waals surface area contributed by atoms with Gasteiger partial charge in [0.1, 0.15) is 23.9 Å². The maximum Gasteiger partial charge on any atom is 0.324 e. The summed E-state index contributed by atoms with van der Waals surface area (Å²) in [4.78, 5) is 74.2. The number of β-amino-alcohol motifs (C(OH)–C–C–N with tert-alkyl or cyclic N) is 1. The van der Waals surface area contributed by atoms with E-state index in [1.807, 2.05) is 12.1 Å². The van der Waals surface area contributed by atoms with Crippen LogP contribution < -0.4 is 10.7 Å². The van der Waals surface area contributed by atoms with Gasteiger partial charge in [-0.05, 0) is 116 Å². The van der Waals surface area contributed by atoms with Crippen LogP contribution in [0.1, 0.15) is 70.6 Å². The second kappa shape index (κ2) is 19.7. The van der Waals surface area contributed by atoms with E-state index in [1.54, 1.807) is 26.0 Å². The molecule has 0 saturated carbocycles. The first-order chi connectivity index (χ1) is 31.7. The summed E-state index contributed by atoms with van der Waals surface area (Å²) in [5.41, 5.74) is 8.30. The molecule has 6 bridgehead atoms. The predicted octanol–water partition coefficient (Wildman–Crippen LogP) is 5.04. The van der Waals surface area contributed by atoms with Crippen LogP contribution in [0.2, 0.25) is 0 Å². The van der Waals surface area contributed by atoms with Crippen LogP contribution in [0.5, 0.6) is 5.75 Å². The van der Waals surface area contributed by atoms with Gasteiger partial charge in [-0.15, -0.1) is 0 Å². The summed E-state index contributed by atoms with van der Waals surface area (Å²) in [7, 11) is 5.54. The summed E-state index contributed by atoms with van der Waals surface area (Å²) in [6.07, 6.45) is 2.56. The van der Waals surface area contributed by atoms with Crippen LogP contribution in [0.15, 0.2) is 73.3 Å². The number of aliphatic hydroxyl groups is 1. The highest BCUT2D eigenvalue weighted by atomic mass is 16.5. The van der Waals surface area contributed by atoms with Crippen LogP contribution in [0, 0.1) is 11.3 Å². The molecule has 3 aromatic carbocycles. The third-order valence-electron chi connectivity index (χ3n) is 13.3. The highest BCUT2D eigenvalue weighted by Gasteiger charge is 2.48. The number of aromatic nitrogens is 1. The van der Waals surface area contributed by atoms with Gasteiger partial charge in [-0.3, -0.25) is 29.0 Å². The lowest BCUT2D eigenvalue weighted by molar-refractivity contribution is -0.156. The van der Waals surface area contributed by atoms with Crippen LogP contribution in [0.3, 0.4) is 0 Å². The van der Waals surface area contributed by atoms with Gasteiger partial charge in [0.15, 0.2) is 5.60 Å². The lowest BCUT2D eigenvalue weighted by atomic mass is 9.84. The van der Waals surface area contributed by atoms with Crippen LogP contribution in [0.4, 0.5) is 0 Å². The number of rotatable bonds is 10. The van der Waals surface area contributed by atoms with Crippen molar-refractivity contribution in [1.29, 1.82) is 0 Å². The number of cyclic esters (lactones) is 1. The molecule has 0 unspecified atom stereocenters. The number of carbonyl (C=O) groups is 5. The fraction of sp³-hybridized carbons (Fsp3) is 0.481. The number of fused-ring (bicyclic) bond motifs is 6. The Morgan fingerprint density at radius 3 is 2.48 bits per heavy atom. The molecule has 67 heavy (non-hydrogen) atoms. The van der Waals surface area contributed by atoms with Crippen molar-refractivity contribution in [3.05, 3.63) is 90.0 Å². The Balaban J connectivity index is 1.30. The smallest absolute Gasteiger partial charge is 0.324 e. The topological polar surface area (TPSA) is 177 Å². The number of likely N-dealkylation sites (N-methyl/N-ethyl adjacent to an activating group) is 1. The molecule has 15 nitrogen and oxygen atoms in total. The number of carbonyl (C=O) groups excluding carboxylic acids is 5. The molecule has 7 rings (SSSR count). The number of benzene rings is 3. The first-order valence-corrected chi connectivity index (χ1v) is 23.4. The fourth-order valence-corrected chi connectivity index (χ4v) is 10.1. The van der Waals surface area contributed by atoms with E-state index in [9.17, 15) is 34.2 Å². The molecule has 4 atom stereocenters. The number of hydrazine groups is 1. The van der Waals surface area contributed by atoms with Crippen LogP contribution in [-0.4, -0.2) is 135 Å². The van der Waals surface area contributed by atoms with Crippen molar-refractivity contribution in [2.75, 3.05) is 47.4 Å². The summed E-state index contributed by atoms with van der Waals surface area (Å²) < 4.78 is 8.44. The number of aryl methyl sites for hydroxylation is 1. The first kappa shape index (κ1) is 48.9. The van der Waals surface area contributed by atoms with Crippen LogP contribution in [-0.2, 0) is 54.6 Å². The molecule has 4 heterocycles. The Kier molecular flexibility index (Phi) is 14.4. The van der Waals surface area contributed by atoms with Gasteiger partial charge in [0.25, 0.3) is 11.8 Å². The lowest BCUT2D eigenvalue weighted by Crippen LogP contribution is -2.63. The Hall–Kier alpha value is -6.03. The Labute approximate surface area is 393 Å². The van der Waals surface area contributed by atoms with Gasteiger partial charge in [-0.2, -0.15) is 0 Å². The van der Waals surface area contributed by atoms with Crippen molar-refractivity contribution in [1.82, 2.24) is 35.0 Å². The van der Waals surface area contributed by atoms with E-state index in [1.165, 1.54) is 27.4 Å². The van der Waals surface area contributed by atoms with E-state index in [0.29, 0.717) is 36.9 Å². The molecule has 2 saturated heterocycles. The summed E-state index contributed by atoms with van der Waals surface area (Å²) in [5, 5.41) is 28.1. The standard InChI is InChI=1S/C52H67N7O8/c1-10-44(61)57-21-19-52(66,30-57)50(65)56(9)45(32(3)4)47(62)53-42-25-34-23-37(26-38(60)24-34)35-17-18-43-39(27-35)40(46(58(43)11-2)36-15-12-14-33(22-36)29-55(7)8)28-51(5,6)31-67-49(64)41-16-13-20-59(54-41)48(42)63/h10,12,14-15,17-18,22-24,26-27,32,41-42,45,54,60,66H,1,11,13,16,19-21,25,28-31H2,2-9H3,(H,53,62)/t41-,42-,45-,52+/m0/s1. The van der Waals surface area contributed by atoms with Gasteiger partial charge in [-0.25, -0.2) is 5.43 Å². The largest absolute Gasteiger partial charge is 0.508 e. The molecule has 4 N–H and O–H groups in total. The third kappa shape index (κ3) is 10.4. The molecule has 0 aliphatic carbocycles. The SMILES string of the molecule is C=CC(=O)N1CC[C@](O)(C(=O)N(C)[C@H](C(=O)N[C@H]2Cc3cc(O)cc(c3)-c3ccc4c(c3)c(c(-c3cccc(CN(C)C)c3)n4CC)CC(C)(C)COC(=O)[C@@H]3CCCN(N3)C2=O)C(C)C)C1. The van der Waals surface area contributed by atoms with Gasteiger partial charge in [0.2, 0.25) is 11.8 Å². The number of esters is 1. The minimum absolute atomic E-state index is 0.0182. The molecule has 4 aromatic rings. The fourth-order valence-electron chi connectivity index (χ4n) is 10.1. The van der Waals surface area contributed by atoms with Crippen molar-refractivity contribution in [3.63, 3.8) is 0 Å². The highest BCUT2D eigenvalue weighted by molar-refractivity contribution is 5.97. The van der Waals surface area contributed by atoms with Crippen molar-refractivity contribution in [2.24, 2.45) is 11.3 Å². The molecule has 0 spiro atoms. The van der Waals surface area contributed by atoms with Gasteiger partial charge < -0.3 is 39.5 Å². The van der Waals surface area contributed by atoms with Crippen molar-refractivity contribution in [3.8, 4) is 28.1 Å². The van der Waals surface area contributed by atoms with E-state index in [0.717, 1.165) is 45.9 Å². The third-order valence-corrected chi connectivity index (χ3v) is 13.3. The molecular weight excluding hydrogens is 851 g/mol. The van der Waals surface area contributed by atoms with Crippen LogP contribution >= 0.6 is 0 Å². The van der Waals surface area contributed by atoms with E-state index in [-0.39, 0.29) is 44.8 Å². The molecule has 15 heteroatoms. The number of ether oxygens (including phenoxy) is 1. The average molecular weight is 918 g/mol. The Morgan fingerprint density at radius 1 is 1.01 bits per heavy atom. The van der Waals surface area contributed by atoms with Crippen LogP contribution in [0.25, 0.3) is 33.3 Å². The molecule has 3 aliphatic rings. The molecule has 1 aromatic heterocycles. The lowest BCUT2D eigenvalue weighted by Gasteiger charge is -2.37. The van der Waals surface area contributed by atoms with Crippen molar-refractivity contribution >= 4 is 40.5 Å². The molecule has 0 radical (unpaired) electrons. The quantitative estimate of drug-likeness (QED) is 0.125. The molecular formula is C52H67N7O8. The van der Waals surface area contributed by atoms with Crippen molar-refractivity contribution in [2.45, 2.75) is 104 Å². The molecule has 2 fully saturated rings. The number of hydrogen-bond donors (Lipinski definition) is 4. The number of amides is 4. The predicted molar refractivity (Wildman–Crippen MR) is 257 cm³/mol. The summed E-state index contributed by atoms with van der Waals surface area (Å²) >= 11 is 0. The number of nitrogens with one attached hydrogen (secondary N) is 2. The first-order valence-electron chi connectivity index (χ1n) is 23.4. The minimum atomic E-state index is -1.92. The van der Waals surface area contributed by atoms with E-state index in [4.69, 9.17) is 4.74 Å². The maximum absolute atomic E-state index is 14.7. The summed E-state index contributed by atoms with van der Waals surface area (Å²) in [6.45, 7) is 15.1. The molecule has 358 valence electrons. The van der Waals surface area contributed by atoms with Gasteiger partial charge in [-0.1, -0.05) is 64.6 Å². The number of phenols is 1. The maximum atomic E-state index is 14.7. The minimum Gasteiger partial charge on any atom is -0.508 e. The average Bonchev–Trinajstić information content (AvgIpc) is 3.84. The van der Waals surface area contributed by atoms with Crippen molar-refractivity contribution < 1.29 is 38.9 Å². The van der Waals surface area contributed by atoms with E-state index in [2.05, 4.69) is 98.1 Å². The van der Waals surface area contributed by atoms with Gasteiger partial charge >= 0.3 is 5.97 Å². The van der Waals surface area contributed by atoms with E-state index < -0.39 is 64.7 Å². The Bertz CT molecular complexity index is 2570. The molecule has 3 aliphatic heterocycles. The summed E-state index contributed by atoms with van der Waals surface area (Å²) in [6, 6.07) is 16.9. The zero-order valence-corrected chi connectivity index (χ0v) is 40.2. The Morgan fingerprint density at radius 2 is 1.78 bits per heavy atom. The second-order valence-electron chi connectivity index (χ2n) is 20.0.